The lowest BCUT2D eigenvalue weighted by molar-refractivity contribution is 0.0476. The first kappa shape index (κ1) is 7.05. The molecule has 0 radical (unpaired) electrons. The standard InChI is InChI=1S/C5H10O3Si/c6-4-2-1-3-9(8)5(4)7/h4-7H,1-3H2. The van der Waals surface area contributed by atoms with Gasteiger partial charge in [-0.2, -0.15) is 0 Å². The maximum Gasteiger partial charge on any atom is 0.309 e. The van der Waals surface area contributed by atoms with Gasteiger partial charge in [0.25, 0.3) is 0 Å². The van der Waals surface area contributed by atoms with E-state index in [9.17, 15) is 4.46 Å². The minimum atomic E-state index is -1.86. The predicted molar refractivity (Wildman–Crippen MR) is 32.5 cm³/mol. The molecule has 3 nitrogen and oxygen atoms in total. The van der Waals surface area contributed by atoms with Gasteiger partial charge in [-0.05, 0) is 18.9 Å². The van der Waals surface area contributed by atoms with E-state index in [-0.39, 0.29) is 0 Å². The van der Waals surface area contributed by atoms with E-state index in [1.54, 1.807) is 0 Å². The summed E-state index contributed by atoms with van der Waals surface area (Å²) in [6.45, 7) is 0. The lowest BCUT2D eigenvalue weighted by Crippen LogP contribution is -2.38. The largest absolute Gasteiger partial charge is 0.390 e. The van der Waals surface area contributed by atoms with Gasteiger partial charge in [0.05, 0.1) is 6.10 Å². The van der Waals surface area contributed by atoms with E-state index < -0.39 is 20.5 Å². The molecule has 4 heteroatoms. The number of aliphatic hydroxyl groups excluding tert-OH is 2. The van der Waals surface area contributed by atoms with Gasteiger partial charge in [0.15, 0.2) is 0 Å². The Balaban J connectivity index is 2.51. The molecular formula is C5H10O3Si. The second-order valence-corrected chi connectivity index (χ2v) is 4.39. The highest BCUT2D eigenvalue weighted by Crippen LogP contribution is 2.14. The van der Waals surface area contributed by atoms with Crippen molar-refractivity contribution in [3.05, 3.63) is 0 Å². The zero-order chi connectivity index (χ0) is 6.85. The molecule has 2 atom stereocenters. The fraction of sp³-hybridized carbons (Fsp3) is 1.00. The summed E-state index contributed by atoms with van der Waals surface area (Å²) < 4.78 is 10.8. The molecule has 1 aliphatic rings. The van der Waals surface area contributed by atoms with Crippen LogP contribution in [0.4, 0.5) is 0 Å². The summed E-state index contributed by atoms with van der Waals surface area (Å²) >= 11 is 0. The molecule has 1 rings (SSSR count). The summed E-state index contributed by atoms with van der Waals surface area (Å²) in [5, 5.41) is 17.9. The van der Waals surface area contributed by atoms with Crippen LogP contribution in [0, 0.1) is 0 Å². The summed E-state index contributed by atoms with van der Waals surface area (Å²) in [6, 6.07) is 0.600. The monoisotopic (exact) mass is 146 g/mol. The van der Waals surface area contributed by atoms with Gasteiger partial charge in [0.2, 0.25) is 0 Å². The van der Waals surface area contributed by atoms with E-state index in [1.165, 1.54) is 0 Å². The fourth-order valence-corrected chi connectivity index (χ4v) is 2.45. The molecule has 1 aliphatic heterocycles. The first-order valence-electron chi connectivity index (χ1n) is 3.10. The second-order valence-electron chi connectivity index (χ2n) is 2.37. The van der Waals surface area contributed by atoms with Crippen LogP contribution in [0.15, 0.2) is 0 Å². The van der Waals surface area contributed by atoms with Gasteiger partial charge in [0, 0.05) is 0 Å². The van der Waals surface area contributed by atoms with Crippen molar-refractivity contribution in [2.75, 3.05) is 0 Å². The van der Waals surface area contributed by atoms with Crippen LogP contribution in [0.5, 0.6) is 0 Å². The van der Waals surface area contributed by atoms with Crippen LogP contribution in [0.25, 0.3) is 0 Å². The van der Waals surface area contributed by atoms with Gasteiger partial charge in [-0.1, -0.05) is 0 Å². The molecule has 1 heterocycles. The Morgan fingerprint density at radius 3 is 2.56 bits per heavy atom. The Morgan fingerprint density at radius 1 is 1.44 bits per heavy atom. The summed E-state index contributed by atoms with van der Waals surface area (Å²) in [5.41, 5.74) is -0.927. The molecule has 0 aromatic heterocycles. The van der Waals surface area contributed by atoms with Crippen LogP contribution in [-0.2, 0) is 4.46 Å². The SMILES string of the molecule is O=[Si]1CCCC(O)C1O. The van der Waals surface area contributed by atoms with Crippen LogP contribution >= 0.6 is 0 Å². The topological polar surface area (TPSA) is 57.5 Å². The molecule has 52 valence electrons. The van der Waals surface area contributed by atoms with Crippen LogP contribution in [0.3, 0.4) is 0 Å². The highest BCUT2D eigenvalue weighted by Gasteiger charge is 2.29. The average Bonchev–Trinajstić information content (AvgIpc) is 1.83. The lowest BCUT2D eigenvalue weighted by Gasteiger charge is -2.19. The Hall–Kier alpha value is -0.0631. The Morgan fingerprint density at radius 2 is 2.11 bits per heavy atom. The normalized spacial score (nSPS) is 36.9. The smallest absolute Gasteiger partial charge is 0.309 e. The second kappa shape index (κ2) is 2.68. The molecule has 0 aromatic carbocycles. The van der Waals surface area contributed by atoms with Crippen molar-refractivity contribution in [2.24, 2.45) is 0 Å². The summed E-state index contributed by atoms with van der Waals surface area (Å²) in [4.78, 5) is 0. The quantitative estimate of drug-likeness (QED) is 0.451. The maximum absolute atomic E-state index is 10.8. The first-order chi connectivity index (χ1) is 4.22. The van der Waals surface area contributed by atoms with Gasteiger partial charge in [-0.25, -0.2) is 0 Å². The summed E-state index contributed by atoms with van der Waals surface area (Å²) in [5.74, 6) is 0. The van der Waals surface area contributed by atoms with Crippen molar-refractivity contribution in [3.63, 3.8) is 0 Å². The van der Waals surface area contributed by atoms with E-state index in [2.05, 4.69) is 0 Å². The number of aliphatic hydroxyl groups is 2. The minimum Gasteiger partial charge on any atom is -0.390 e. The van der Waals surface area contributed by atoms with Gasteiger partial charge in [-0.15, -0.1) is 0 Å². The Labute approximate surface area is 55.0 Å². The maximum atomic E-state index is 10.8. The zero-order valence-corrected chi connectivity index (χ0v) is 6.08. The van der Waals surface area contributed by atoms with E-state index in [0.717, 1.165) is 6.42 Å². The molecule has 2 unspecified atom stereocenters. The zero-order valence-electron chi connectivity index (χ0n) is 5.08. The third-order valence-electron chi connectivity index (χ3n) is 1.62. The lowest BCUT2D eigenvalue weighted by atomic mass is 10.2. The molecule has 1 fully saturated rings. The minimum absolute atomic E-state index is 0.595. The molecular weight excluding hydrogens is 136 g/mol. The van der Waals surface area contributed by atoms with Crippen molar-refractivity contribution in [2.45, 2.75) is 30.7 Å². The molecule has 0 amide bonds. The predicted octanol–water partition coefficient (Wildman–Crippen LogP) is -0.537. The molecule has 0 aromatic rings. The van der Waals surface area contributed by atoms with Gasteiger partial charge < -0.3 is 14.7 Å². The van der Waals surface area contributed by atoms with Crippen LogP contribution in [0.1, 0.15) is 12.8 Å². The molecule has 0 saturated carbocycles. The van der Waals surface area contributed by atoms with Gasteiger partial charge in [0.1, 0.15) is 5.73 Å². The average molecular weight is 146 g/mol. The molecule has 2 N–H and O–H groups in total. The van der Waals surface area contributed by atoms with Crippen molar-refractivity contribution in [1.29, 1.82) is 0 Å². The number of hydrogen-bond donors (Lipinski definition) is 2. The molecule has 0 aliphatic carbocycles. The van der Waals surface area contributed by atoms with Crippen LogP contribution < -0.4 is 0 Å². The van der Waals surface area contributed by atoms with E-state index in [0.29, 0.717) is 12.5 Å². The summed E-state index contributed by atoms with van der Waals surface area (Å²) in [6.07, 6.45) is 0.651. The van der Waals surface area contributed by atoms with Crippen molar-refractivity contribution in [1.82, 2.24) is 0 Å². The molecule has 0 bridgehead atoms. The van der Waals surface area contributed by atoms with E-state index >= 15 is 0 Å². The fourth-order valence-electron chi connectivity index (χ4n) is 1.01. The van der Waals surface area contributed by atoms with Gasteiger partial charge in [-0.3, -0.25) is 0 Å². The van der Waals surface area contributed by atoms with Gasteiger partial charge >= 0.3 is 8.68 Å². The highest BCUT2D eigenvalue weighted by atomic mass is 28.3. The molecule has 9 heavy (non-hydrogen) atoms. The van der Waals surface area contributed by atoms with Crippen molar-refractivity contribution in [3.8, 4) is 0 Å². The van der Waals surface area contributed by atoms with E-state index in [4.69, 9.17) is 10.2 Å². The summed E-state index contributed by atoms with van der Waals surface area (Å²) in [7, 11) is -1.86. The Kier molecular flexibility index (Phi) is 2.10. The Bertz CT molecular complexity index is 125. The van der Waals surface area contributed by atoms with Crippen molar-refractivity contribution < 1.29 is 14.7 Å². The van der Waals surface area contributed by atoms with Crippen LogP contribution in [-0.4, -0.2) is 30.7 Å². The molecule has 0 spiro atoms. The number of rotatable bonds is 0. The third kappa shape index (κ3) is 1.44. The third-order valence-corrected chi connectivity index (χ3v) is 3.51. The number of hydrogen-bond acceptors (Lipinski definition) is 3. The molecule has 1 saturated heterocycles. The highest BCUT2D eigenvalue weighted by molar-refractivity contribution is 6.44. The van der Waals surface area contributed by atoms with Crippen LogP contribution in [0.2, 0.25) is 6.04 Å². The van der Waals surface area contributed by atoms with Crippen molar-refractivity contribution >= 4 is 8.68 Å². The first-order valence-corrected chi connectivity index (χ1v) is 4.80. The van der Waals surface area contributed by atoms with E-state index in [1.807, 2.05) is 0 Å².